The minimum atomic E-state index is -1.40. The topological polar surface area (TPSA) is 333 Å². The molecule has 0 rings (SSSR count). The van der Waals surface area contributed by atoms with Crippen molar-refractivity contribution in [2.45, 2.75) is 150 Å². The van der Waals surface area contributed by atoms with Crippen LogP contribution in [0, 0.1) is 21.7 Å². The maximum atomic E-state index is 12.9. The lowest BCUT2D eigenvalue weighted by Gasteiger charge is -2.35. The lowest BCUT2D eigenvalue weighted by molar-refractivity contribution is -0.157. The molecule has 526 valence electrons. The van der Waals surface area contributed by atoms with E-state index in [-0.39, 0.29) is 79.7 Å². The third-order valence-electron chi connectivity index (χ3n) is 11.3. The van der Waals surface area contributed by atoms with Crippen molar-refractivity contribution in [1.29, 1.82) is 0 Å². The fraction of sp³-hybridized carbons (Fsp3) is 0.581. The lowest BCUT2D eigenvalue weighted by atomic mass is 9.83. The van der Waals surface area contributed by atoms with Gasteiger partial charge in [-0.05, 0) is 131 Å². The van der Waals surface area contributed by atoms with Crippen molar-refractivity contribution in [3.05, 3.63) is 74.4 Å². The van der Waals surface area contributed by atoms with E-state index in [1.54, 1.807) is 34.6 Å². The van der Waals surface area contributed by atoms with Gasteiger partial charge in [-0.25, -0.2) is 14.4 Å². The molecule has 31 heteroatoms. The molecule has 2 unspecified atom stereocenters. The van der Waals surface area contributed by atoms with E-state index < -0.39 is 100 Å². The van der Waals surface area contributed by atoms with Crippen LogP contribution in [0.25, 0.3) is 0 Å². The van der Waals surface area contributed by atoms with Crippen LogP contribution in [-0.2, 0) is 85.9 Å². The second kappa shape index (κ2) is 43.9. The number of carbonyl (C=O) groups excluding carboxylic acids is 7. The number of carboxylic acid groups (broad SMARTS) is 4. The van der Waals surface area contributed by atoms with Gasteiger partial charge in [0.2, 0.25) is 0 Å². The molecule has 0 bridgehead atoms. The summed E-state index contributed by atoms with van der Waals surface area (Å²) < 4.78 is 31.3. The summed E-state index contributed by atoms with van der Waals surface area (Å²) in [6.07, 6.45) is 4.06. The standard InChI is InChI=1S/2C23H34O8S3.C9H14O4S3.C7H10O2/c1-15(2)17(24)28-9-11-30-19(26)22(5,6)13-33-21(32)34-14-23(7,8)20(27)31-12-10-29-18(25)16(3)4;1-9-11-30-17(28)22(7,13-20(3,4)15(24)25)33-19(32)34-23(8,18(29)31-12-10-2)14-21(5,6)16(26)27;1-8(2,5(10)11)15-7(14)16-9(3,4)6(12)13;1-4-5-9-7(8)6(2)3/h1,3,9-14H2,2,4-8H3;9-10H,1-2,11-14H2,3-8H3,(H,24,25)(H,26,27);1-4H3,(H,10,11)(H,12,13);4H,1-2,5H2,3H3. The molecule has 0 aliphatic heterocycles. The minimum absolute atomic E-state index is 0.0452. The molecular weight excluding hydrogens is 1390 g/mol. The molecule has 0 aliphatic carbocycles. The molecule has 0 aliphatic rings. The number of rotatable bonds is 35. The molecule has 22 nitrogen and oxygen atoms in total. The lowest BCUT2D eigenvalue weighted by Crippen LogP contribution is -2.43. The zero-order valence-electron chi connectivity index (χ0n) is 56.1. The van der Waals surface area contributed by atoms with E-state index in [0.29, 0.717) is 24.1 Å². The van der Waals surface area contributed by atoms with Gasteiger partial charge in [0.1, 0.15) is 75.8 Å². The molecule has 4 N–H and O–H groups in total. The fourth-order valence-corrected chi connectivity index (χ4v) is 15.9. The number of carboxylic acids is 4. The number of hydrogen-bond donors (Lipinski definition) is 4. The van der Waals surface area contributed by atoms with E-state index in [2.05, 4.69) is 44.2 Å². The number of thiocarbonyl (C=S) groups is 3. The van der Waals surface area contributed by atoms with Crippen molar-refractivity contribution >= 4 is 183 Å². The third kappa shape index (κ3) is 40.2. The molecule has 0 heterocycles. The molecule has 0 saturated carbocycles. The number of esters is 7. The summed E-state index contributed by atoms with van der Waals surface area (Å²) >= 11 is 22.3. The molecule has 0 spiro atoms. The summed E-state index contributed by atoms with van der Waals surface area (Å²) in [7, 11) is 0. The van der Waals surface area contributed by atoms with Gasteiger partial charge in [-0.1, -0.05) is 141 Å². The molecule has 0 radical (unpaired) electrons. The van der Waals surface area contributed by atoms with Crippen LogP contribution in [0.2, 0.25) is 0 Å². The van der Waals surface area contributed by atoms with Gasteiger partial charge < -0.3 is 53.6 Å². The van der Waals surface area contributed by atoms with Crippen LogP contribution >= 0.6 is 107 Å². The van der Waals surface area contributed by atoms with E-state index in [9.17, 15) is 63.0 Å². The number of thioether (sulfide) groups is 6. The highest BCUT2D eigenvalue weighted by molar-refractivity contribution is 8.49. The van der Waals surface area contributed by atoms with Gasteiger partial charge in [0, 0.05) is 28.2 Å². The summed E-state index contributed by atoms with van der Waals surface area (Å²) in [5.74, 6) is -7.08. The largest absolute Gasteiger partial charge is 0.481 e. The average molecular weight is 1480 g/mol. The van der Waals surface area contributed by atoms with Crippen LogP contribution in [0.1, 0.15) is 131 Å². The van der Waals surface area contributed by atoms with E-state index >= 15 is 0 Å². The second-order valence-electron chi connectivity index (χ2n) is 23.9. The van der Waals surface area contributed by atoms with E-state index in [1.807, 2.05) is 0 Å². The van der Waals surface area contributed by atoms with Crippen LogP contribution in [-0.4, -0.2) is 173 Å². The summed E-state index contributed by atoms with van der Waals surface area (Å²) in [5.41, 5.74) is -3.24. The maximum Gasteiger partial charge on any atom is 0.333 e. The predicted octanol–water partition coefficient (Wildman–Crippen LogP) is 12.6. The number of hydrogen-bond acceptors (Lipinski definition) is 27. The first-order valence-electron chi connectivity index (χ1n) is 27.7. The van der Waals surface area contributed by atoms with Gasteiger partial charge in [-0.2, -0.15) is 0 Å². The van der Waals surface area contributed by atoms with Crippen molar-refractivity contribution in [2.75, 3.05) is 57.8 Å². The molecule has 2 atom stereocenters. The third-order valence-corrected chi connectivity index (χ3v) is 20.4. The normalized spacial score (nSPS) is 12.6. The summed E-state index contributed by atoms with van der Waals surface area (Å²) in [4.78, 5) is 129. The first kappa shape index (κ1) is 94.4. The summed E-state index contributed by atoms with van der Waals surface area (Å²) in [5, 5.41) is 36.9. The van der Waals surface area contributed by atoms with Gasteiger partial charge in [0.05, 0.1) is 21.7 Å². The van der Waals surface area contributed by atoms with Gasteiger partial charge >= 0.3 is 65.7 Å². The molecule has 0 aromatic heterocycles. The zero-order chi connectivity index (χ0) is 73.9. The van der Waals surface area contributed by atoms with Crippen molar-refractivity contribution in [3.63, 3.8) is 0 Å². The van der Waals surface area contributed by atoms with Crippen molar-refractivity contribution in [1.82, 2.24) is 0 Å². The van der Waals surface area contributed by atoms with E-state index in [0.717, 1.165) is 47.0 Å². The smallest absolute Gasteiger partial charge is 0.333 e. The Balaban J connectivity index is -0.000000627. The average Bonchev–Trinajstić information content (AvgIpc) is 0.808. The molecule has 0 saturated heterocycles. The maximum absolute atomic E-state index is 12.9. The van der Waals surface area contributed by atoms with Gasteiger partial charge in [-0.3, -0.25) is 38.4 Å². The Hall–Kier alpha value is -5.02. The van der Waals surface area contributed by atoms with Gasteiger partial charge in [0.15, 0.2) is 0 Å². The highest BCUT2D eigenvalue weighted by atomic mass is 32.2. The van der Waals surface area contributed by atoms with Gasteiger partial charge in [0.25, 0.3) is 0 Å². The Morgan fingerprint density at radius 2 is 0.624 bits per heavy atom. The molecule has 0 aromatic carbocycles. The van der Waals surface area contributed by atoms with E-state index in [4.69, 9.17) is 75.3 Å². The number of carbonyl (C=O) groups is 11. The van der Waals surface area contributed by atoms with Crippen LogP contribution < -0.4 is 0 Å². The fourth-order valence-electron chi connectivity index (χ4n) is 5.70. The van der Waals surface area contributed by atoms with Crippen LogP contribution in [0.4, 0.5) is 0 Å². The van der Waals surface area contributed by atoms with Crippen LogP contribution in [0.5, 0.6) is 0 Å². The summed E-state index contributed by atoms with van der Waals surface area (Å²) in [6, 6.07) is 0. The van der Waals surface area contributed by atoms with Crippen molar-refractivity contribution in [3.8, 4) is 0 Å². The second-order valence-corrected chi connectivity index (χ2v) is 35.7. The number of ether oxygens (including phenoxy) is 7. The highest BCUT2D eigenvalue weighted by Gasteiger charge is 2.49. The van der Waals surface area contributed by atoms with Crippen LogP contribution in [0.3, 0.4) is 0 Å². The van der Waals surface area contributed by atoms with Crippen LogP contribution in [0.15, 0.2) is 74.4 Å². The monoisotopic (exact) mass is 1480 g/mol. The Morgan fingerprint density at radius 3 is 0.882 bits per heavy atom. The molecule has 0 aromatic rings. The predicted molar refractivity (Wildman–Crippen MR) is 385 cm³/mol. The SMILES string of the molecule is C=C(C)C(=O)OCCOC(=O)C(C)(C)CSC(=S)SCC(C)(C)C(=O)OCCOC(=O)C(=C)C.C=CCOC(=O)C(=C)C.C=CCOC(=O)C(C)(CC(C)(C)C(=O)O)SC(=S)SC(C)(CC(C)(C)C(=O)O)C(=O)OCC=C.CC(C)(SC(=S)SC(C)(C)C(=O)O)C(=O)O. The molecule has 0 amide bonds. The molecular formula is C62H92O22S9. The quantitative estimate of drug-likeness (QED) is 0.0114. The Labute approximate surface area is 588 Å². The highest BCUT2D eigenvalue weighted by Crippen LogP contribution is 2.47. The Kier molecular flexibility index (Phi) is 44.6. The Morgan fingerprint density at radius 1 is 0.366 bits per heavy atom. The van der Waals surface area contributed by atoms with Gasteiger partial charge in [-0.15, -0.1) is 23.5 Å². The molecule has 93 heavy (non-hydrogen) atoms. The zero-order valence-corrected chi connectivity index (χ0v) is 63.4. The Bertz CT molecular complexity index is 2610. The van der Waals surface area contributed by atoms with E-state index in [1.165, 1.54) is 125 Å². The first-order valence-corrected chi connectivity index (χ1v) is 34.2. The van der Waals surface area contributed by atoms with Crippen molar-refractivity contribution < 1.29 is 106 Å². The molecule has 0 fully saturated rings. The number of aliphatic carboxylic acids is 4. The van der Waals surface area contributed by atoms with Crippen molar-refractivity contribution in [2.24, 2.45) is 21.7 Å². The minimum Gasteiger partial charge on any atom is -0.481 e. The first-order chi connectivity index (χ1) is 42.1. The summed E-state index contributed by atoms with van der Waals surface area (Å²) in [6.45, 7) is 47.4.